The van der Waals surface area contributed by atoms with Crippen LogP contribution in [0.2, 0.25) is 0 Å². The van der Waals surface area contributed by atoms with Gasteiger partial charge >= 0.3 is 19.8 Å². The zero-order valence-electron chi connectivity index (χ0n) is 40.9. The van der Waals surface area contributed by atoms with Crippen LogP contribution in [0.15, 0.2) is 0 Å². The average molecular weight is 888 g/mol. The molecule has 0 fully saturated rings. The Hall–Kier alpha value is -0.990. The second-order valence-electron chi connectivity index (χ2n) is 18.4. The van der Waals surface area contributed by atoms with Crippen molar-refractivity contribution >= 4 is 19.8 Å². The highest BCUT2D eigenvalue weighted by atomic mass is 31.2. The lowest BCUT2D eigenvalue weighted by atomic mass is 10.0. The molecule has 0 saturated heterocycles. The van der Waals surface area contributed by atoms with Crippen molar-refractivity contribution in [2.45, 2.75) is 277 Å². The molecule has 2 unspecified atom stereocenters. The van der Waals surface area contributed by atoms with Gasteiger partial charge in [-0.2, -0.15) is 0 Å². The van der Waals surface area contributed by atoms with E-state index >= 15 is 0 Å². The van der Waals surface area contributed by atoms with Crippen LogP contribution in [0.25, 0.3) is 0 Å². The second-order valence-corrected chi connectivity index (χ2v) is 19.9. The fraction of sp³-hybridized carbons (Fsp3) is 0.961. The maximum absolute atomic E-state index is 12.7. The van der Waals surface area contributed by atoms with Gasteiger partial charge in [0.25, 0.3) is 0 Å². The Bertz CT molecular complexity index is 982. The first-order valence-electron chi connectivity index (χ1n) is 26.3. The quantitative estimate of drug-likeness (QED) is 0.0362. The van der Waals surface area contributed by atoms with Crippen molar-refractivity contribution in [2.24, 2.45) is 0 Å². The minimum Gasteiger partial charge on any atom is -0.462 e. The van der Waals surface area contributed by atoms with E-state index in [1.54, 1.807) is 0 Å². The predicted octanol–water partition coefficient (Wildman–Crippen LogP) is 15.8. The van der Waals surface area contributed by atoms with Crippen LogP contribution in [-0.4, -0.2) is 68.3 Å². The molecule has 0 bridgehead atoms. The molecule has 0 aliphatic rings. The first-order valence-corrected chi connectivity index (χ1v) is 27.8. The lowest BCUT2D eigenvalue weighted by molar-refractivity contribution is -0.161. The molecule has 0 radical (unpaired) electrons. The number of likely N-dealkylation sites (N-methyl/N-ethyl adjacent to an activating group) is 1. The molecule has 364 valence electrons. The lowest BCUT2D eigenvalue weighted by Crippen LogP contribution is -2.29. The van der Waals surface area contributed by atoms with Crippen molar-refractivity contribution in [3.63, 3.8) is 0 Å². The van der Waals surface area contributed by atoms with Crippen LogP contribution in [0.4, 0.5) is 0 Å². The van der Waals surface area contributed by atoms with Crippen LogP contribution in [0.3, 0.4) is 0 Å². The fourth-order valence-electron chi connectivity index (χ4n) is 7.87. The van der Waals surface area contributed by atoms with Crippen LogP contribution >= 0.6 is 7.82 Å². The van der Waals surface area contributed by atoms with Gasteiger partial charge in [0.2, 0.25) is 0 Å². The Morgan fingerprint density at radius 3 is 1.05 bits per heavy atom. The molecule has 10 heteroatoms. The van der Waals surface area contributed by atoms with Crippen molar-refractivity contribution in [3.8, 4) is 0 Å². The fourth-order valence-corrected chi connectivity index (χ4v) is 8.61. The third-order valence-corrected chi connectivity index (χ3v) is 12.9. The molecular weight excluding hydrogens is 786 g/mol. The van der Waals surface area contributed by atoms with Gasteiger partial charge in [-0.25, -0.2) is 4.57 Å². The topological polar surface area (TPSA) is 112 Å². The van der Waals surface area contributed by atoms with E-state index in [0.717, 1.165) is 38.5 Å². The van der Waals surface area contributed by atoms with E-state index in [4.69, 9.17) is 18.5 Å². The summed E-state index contributed by atoms with van der Waals surface area (Å²) in [5.74, 6) is -0.780. The third-order valence-electron chi connectivity index (χ3n) is 11.9. The normalized spacial score (nSPS) is 13.1. The van der Waals surface area contributed by atoms with Crippen molar-refractivity contribution < 1.29 is 37.6 Å². The SMILES string of the molecule is CCCCCCCCCCCCCCCCCCCCCCCC(=O)OC(COC(=O)CCCCCCCCCCCCCCCCCCC)COP(=O)(O)OCCN(C)C. The molecular formula is C51H102NO8P. The number of carbonyl (C=O) groups is 2. The Morgan fingerprint density at radius 2 is 0.738 bits per heavy atom. The molecule has 0 aromatic rings. The molecule has 61 heavy (non-hydrogen) atoms. The number of ether oxygens (including phenoxy) is 2. The molecule has 0 aromatic heterocycles. The highest BCUT2D eigenvalue weighted by Crippen LogP contribution is 2.43. The molecule has 0 aliphatic heterocycles. The summed E-state index contributed by atoms with van der Waals surface area (Å²) in [5, 5.41) is 0. The van der Waals surface area contributed by atoms with Crippen molar-refractivity contribution in [1.82, 2.24) is 4.90 Å². The van der Waals surface area contributed by atoms with Gasteiger partial charge in [0.15, 0.2) is 6.10 Å². The van der Waals surface area contributed by atoms with E-state index in [9.17, 15) is 19.0 Å². The third kappa shape index (κ3) is 48.3. The molecule has 9 nitrogen and oxygen atoms in total. The minimum absolute atomic E-state index is 0.0129. The first kappa shape index (κ1) is 60.0. The number of nitrogens with zero attached hydrogens (tertiary/aromatic N) is 1. The van der Waals surface area contributed by atoms with E-state index in [0.29, 0.717) is 13.0 Å². The van der Waals surface area contributed by atoms with Gasteiger partial charge in [0, 0.05) is 19.4 Å². The van der Waals surface area contributed by atoms with Crippen LogP contribution in [0.5, 0.6) is 0 Å². The zero-order chi connectivity index (χ0) is 44.8. The maximum Gasteiger partial charge on any atom is 0.472 e. The summed E-state index contributed by atoms with van der Waals surface area (Å²) in [5.41, 5.74) is 0. The first-order chi connectivity index (χ1) is 29.7. The van der Waals surface area contributed by atoms with E-state index in [-0.39, 0.29) is 25.6 Å². The number of hydrogen-bond acceptors (Lipinski definition) is 8. The monoisotopic (exact) mass is 888 g/mol. The van der Waals surface area contributed by atoms with Gasteiger partial charge in [-0.3, -0.25) is 18.6 Å². The molecule has 2 atom stereocenters. The van der Waals surface area contributed by atoms with E-state index in [1.165, 1.54) is 205 Å². The zero-order valence-corrected chi connectivity index (χ0v) is 41.8. The van der Waals surface area contributed by atoms with Crippen LogP contribution in [0, 0.1) is 0 Å². The summed E-state index contributed by atoms with van der Waals surface area (Å²) < 4.78 is 33.7. The molecule has 0 spiro atoms. The highest BCUT2D eigenvalue weighted by Gasteiger charge is 2.26. The molecule has 0 aromatic carbocycles. The summed E-state index contributed by atoms with van der Waals surface area (Å²) in [6, 6.07) is 0. The number of rotatable bonds is 50. The predicted molar refractivity (Wildman–Crippen MR) is 257 cm³/mol. The molecule has 0 amide bonds. The Morgan fingerprint density at radius 1 is 0.443 bits per heavy atom. The van der Waals surface area contributed by atoms with Crippen LogP contribution in [-0.2, 0) is 32.7 Å². The van der Waals surface area contributed by atoms with Gasteiger partial charge in [0.05, 0.1) is 13.2 Å². The van der Waals surface area contributed by atoms with Gasteiger partial charge < -0.3 is 19.3 Å². The standard InChI is InChI=1S/C51H102NO8P/c1-5-7-9-11-13-15-17-19-21-23-24-25-26-28-30-32-34-36-38-40-42-44-51(54)60-49(48-59-61(55,56)58-46-45-52(3)4)47-57-50(53)43-41-39-37-35-33-31-29-27-22-20-18-16-14-12-10-8-6-2/h49H,5-48H2,1-4H3,(H,55,56). The van der Waals surface area contributed by atoms with Gasteiger partial charge in [0.1, 0.15) is 6.61 Å². The molecule has 1 N–H and O–H groups in total. The summed E-state index contributed by atoms with van der Waals surface area (Å²) in [4.78, 5) is 37.2. The largest absolute Gasteiger partial charge is 0.472 e. The Kier molecular flexibility index (Phi) is 46.2. The second kappa shape index (κ2) is 47.0. The van der Waals surface area contributed by atoms with Gasteiger partial charge in [-0.15, -0.1) is 0 Å². The smallest absolute Gasteiger partial charge is 0.462 e. The van der Waals surface area contributed by atoms with Gasteiger partial charge in [-0.1, -0.05) is 245 Å². The average Bonchev–Trinajstić information content (AvgIpc) is 3.23. The molecule has 0 heterocycles. The summed E-state index contributed by atoms with van der Waals surface area (Å²) >= 11 is 0. The summed E-state index contributed by atoms with van der Waals surface area (Å²) in [7, 11) is -0.695. The molecule has 0 saturated carbocycles. The van der Waals surface area contributed by atoms with Crippen molar-refractivity contribution in [2.75, 3.05) is 40.5 Å². The van der Waals surface area contributed by atoms with E-state index in [2.05, 4.69) is 13.8 Å². The highest BCUT2D eigenvalue weighted by molar-refractivity contribution is 7.47. The number of unbranched alkanes of at least 4 members (excludes halogenated alkanes) is 36. The van der Waals surface area contributed by atoms with E-state index in [1.807, 2.05) is 19.0 Å². The molecule has 0 rings (SSSR count). The molecule has 0 aliphatic carbocycles. The Balaban J connectivity index is 4.10. The van der Waals surface area contributed by atoms with Crippen molar-refractivity contribution in [1.29, 1.82) is 0 Å². The van der Waals surface area contributed by atoms with Crippen LogP contribution in [0.1, 0.15) is 271 Å². The number of phosphoric acid groups is 1. The number of carbonyl (C=O) groups excluding carboxylic acids is 2. The number of hydrogen-bond donors (Lipinski definition) is 1. The summed E-state index contributed by atoms with van der Waals surface area (Å²) in [6.45, 7) is 4.40. The number of phosphoric ester groups is 1. The van der Waals surface area contributed by atoms with Gasteiger partial charge in [-0.05, 0) is 26.9 Å². The minimum atomic E-state index is -4.36. The Labute approximate surface area is 378 Å². The van der Waals surface area contributed by atoms with Crippen LogP contribution < -0.4 is 0 Å². The number of esters is 2. The van der Waals surface area contributed by atoms with Crippen molar-refractivity contribution in [3.05, 3.63) is 0 Å². The van der Waals surface area contributed by atoms with E-state index < -0.39 is 26.5 Å². The maximum atomic E-state index is 12.7. The summed E-state index contributed by atoms with van der Waals surface area (Å²) in [6.07, 6.45) is 48.7. The lowest BCUT2D eigenvalue weighted by Gasteiger charge is -2.20.